The molecule has 0 aliphatic heterocycles. The molecule has 0 fully saturated rings. The van der Waals surface area contributed by atoms with Crippen molar-refractivity contribution in [2.45, 2.75) is 25.7 Å². The molecule has 1 amide bonds. The second kappa shape index (κ2) is 7.04. The van der Waals surface area contributed by atoms with Crippen LogP contribution in [0.1, 0.15) is 34.5 Å². The zero-order valence-electron chi connectivity index (χ0n) is 14.7. The predicted molar refractivity (Wildman–Crippen MR) is 102 cm³/mol. The van der Waals surface area contributed by atoms with Crippen LogP contribution in [0.5, 0.6) is 5.75 Å². The standard InChI is InChI=1S/C21H21N3O2/c1-26-19-13-7-6-12-18(19)22-21(25)15-9-3-2-8-14(15)20-16-10-4-5-11-17(16)23-24-20/h2-3,6-9,12-13H,4-5,10-11H2,1H3,(H,22,25)(H,23,24). The highest BCUT2D eigenvalue weighted by Crippen LogP contribution is 2.32. The van der Waals surface area contributed by atoms with E-state index in [0.29, 0.717) is 17.0 Å². The topological polar surface area (TPSA) is 67.0 Å². The fourth-order valence-corrected chi connectivity index (χ4v) is 3.53. The summed E-state index contributed by atoms with van der Waals surface area (Å²) in [7, 11) is 1.59. The molecule has 0 saturated carbocycles. The fraction of sp³-hybridized carbons (Fsp3) is 0.238. The molecule has 5 nitrogen and oxygen atoms in total. The quantitative estimate of drug-likeness (QED) is 0.743. The van der Waals surface area contributed by atoms with Gasteiger partial charge in [0.25, 0.3) is 5.91 Å². The Morgan fingerprint density at radius 2 is 1.85 bits per heavy atom. The number of nitrogens with zero attached hydrogens (tertiary/aromatic N) is 1. The van der Waals surface area contributed by atoms with E-state index in [1.54, 1.807) is 7.11 Å². The van der Waals surface area contributed by atoms with Gasteiger partial charge < -0.3 is 10.1 Å². The van der Waals surface area contributed by atoms with E-state index in [1.165, 1.54) is 17.7 Å². The first-order valence-electron chi connectivity index (χ1n) is 8.88. The number of amides is 1. The first kappa shape index (κ1) is 16.4. The van der Waals surface area contributed by atoms with Crippen molar-refractivity contribution in [3.63, 3.8) is 0 Å². The summed E-state index contributed by atoms with van der Waals surface area (Å²) in [6.45, 7) is 0. The van der Waals surface area contributed by atoms with E-state index in [0.717, 1.165) is 30.5 Å². The summed E-state index contributed by atoms with van der Waals surface area (Å²) >= 11 is 0. The molecule has 1 aromatic heterocycles. The highest BCUT2D eigenvalue weighted by Gasteiger charge is 2.22. The van der Waals surface area contributed by atoms with Crippen LogP contribution in [0.3, 0.4) is 0 Å². The van der Waals surface area contributed by atoms with Crippen LogP contribution < -0.4 is 10.1 Å². The van der Waals surface area contributed by atoms with Gasteiger partial charge in [0.1, 0.15) is 5.75 Å². The van der Waals surface area contributed by atoms with Crippen LogP contribution in [0.15, 0.2) is 48.5 Å². The average Bonchev–Trinajstić information content (AvgIpc) is 3.12. The molecule has 0 bridgehead atoms. The summed E-state index contributed by atoms with van der Waals surface area (Å²) in [5.74, 6) is 0.466. The largest absolute Gasteiger partial charge is 0.495 e. The summed E-state index contributed by atoms with van der Waals surface area (Å²) in [5.41, 5.74) is 5.46. The number of aromatic amines is 1. The zero-order valence-corrected chi connectivity index (χ0v) is 14.7. The predicted octanol–water partition coefficient (Wildman–Crippen LogP) is 4.22. The molecule has 1 heterocycles. The number of carbonyl (C=O) groups is 1. The highest BCUT2D eigenvalue weighted by atomic mass is 16.5. The second-order valence-electron chi connectivity index (χ2n) is 6.44. The van der Waals surface area contributed by atoms with Gasteiger partial charge in [-0.25, -0.2) is 0 Å². The molecule has 1 aliphatic rings. The Morgan fingerprint density at radius 3 is 2.73 bits per heavy atom. The van der Waals surface area contributed by atoms with Gasteiger partial charge in [-0.1, -0.05) is 30.3 Å². The van der Waals surface area contributed by atoms with Crippen LogP contribution in [0.25, 0.3) is 11.3 Å². The fourth-order valence-electron chi connectivity index (χ4n) is 3.53. The average molecular weight is 347 g/mol. The number of hydrogen-bond donors (Lipinski definition) is 2. The summed E-state index contributed by atoms with van der Waals surface area (Å²) in [6, 6.07) is 15.0. The number of aromatic nitrogens is 2. The van der Waals surface area contributed by atoms with Crippen molar-refractivity contribution in [1.82, 2.24) is 10.2 Å². The molecular weight excluding hydrogens is 326 g/mol. The van der Waals surface area contributed by atoms with Gasteiger partial charge in [0.05, 0.1) is 18.5 Å². The van der Waals surface area contributed by atoms with Crippen molar-refractivity contribution >= 4 is 11.6 Å². The maximum Gasteiger partial charge on any atom is 0.256 e. The van der Waals surface area contributed by atoms with E-state index in [2.05, 4.69) is 15.5 Å². The Labute approximate surface area is 152 Å². The Morgan fingerprint density at radius 1 is 1.08 bits per heavy atom. The van der Waals surface area contributed by atoms with Crippen molar-refractivity contribution < 1.29 is 9.53 Å². The molecule has 4 rings (SSSR count). The molecule has 3 aromatic rings. The number of methoxy groups -OCH3 is 1. The van der Waals surface area contributed by atoms with Crippen molar-refractivity contribution in [3.8, 4) is 17.0 Å². The summed E-state index contributed by atoms with van der Waals surface area (Å²) in [4.78, 5) is 13.0. The van der Waals surface area contributed by atoms with Crippen LogP contribution >= 0.6 is 0 Å². The molecule has 26 heavy (non-hydrogen) atoms. The van der Waals surface area contributed by atoms with Gasteiger partial charge in [-0.05, 0) is 43.9 Å². The molecule has 0 radical (unpaired) electrons. The van der Waals surface area contributed by atoms with E-state index >= 15 is 0 Å². The SMILES string of the molecule is COc1ccccc1NC(=O)c1ccccc1-c1n[nH]c2c1CCCC2. The summed E-state index contributed by atoms with van der Waals surface area (Å²) in [5, 5.41) is 10.6. The third-order valence-corrected chi connectivity index (χ3v) is 4.84. The number of aryl methyl sites for hydroxylation is 1. The molecule has 0 atom stereocenters. The first-order chi connectivity index (χ1) is 12.8. The van der Waals surface area contributed by atoms with Gasteiger partial charge in [-0.15, -0.1) is 0 Å². The number of carbonyl (C=O) groups excluding carboxylic acids is 1. The minimum absolute atomic E-state index is 0.169. The minimum Gasteiger partial charge on any atom is -0.495 e. The Hall–Kier alpha value is -3.08. The van der Waals surface area contributed by atoms with Crippen LogP contribution in [-0.4, -0.2) is 23.2 Å². The molecule has 2 aromatic carbocycles. The van der Waals surface area contributed by atoms with Crippen molar-refractivity contribution in [1.29, 1.82) is 0 Å². The smallest absolute Gasteiger partial charge is 0.256 e. The number of hydrogen-bond acceptors (Lipinski definition) is 3. The van der Waals surface area contributed by atoms with Gasteiger partial charge in [0.15, 0.2) is 0 Å². The van der Waals surface area contributed by atoms with Crippen LogP contribution in [0.2, 0.25) is 0 Å². The van der Waals surface area contributed by atoms with Crippen LogP contribution in [0, 0.1) is 0 Å². The third-order valence-electron chi connectivity index (χ3n) is 4.84. The molecule has 0 unspecified atom stereocenters. The normalized spacial score (nSPS) is 13.1. The maximum absolute atomic E-state index is 13.0. The first-order valence-corrected chi connectivity index (χ1v) is 8.88. The summed E-state index contributed by atoms with van der Waals surface area (Å²) < 4.78 is 5.33. The molecule has 0 saturated heterocycles. The van der Waals surface area contributed by atoms with Crippen LogP contribution in [-0.2, 0) is 12.8 Å². The lowest BCUT2D eigenvalue weighted by molar-refractivity contribution is 0.102. The van der Waals surface area contributed by atoms with Crippen molar-refractivity contribution in [2.75, 3.05) is 12.4 Å². The Kier molecular flexibility index (Phi) is 4.44. The third kappa shape index (κ3) is 2.96. The zero-order chi connectivity index (χ0) is 17.9. The lowest BCUT2D eigenvalue weighted by Gasteiger charge is -2.14. The molecular formula is C21H21N3O2. The van der Waals surface area contributed by atoms with E-state index in [-0.39, 0.29) is 5.91 Å². The molecule has 132 valence electrons. The minimum atomic E-state index is -0.169. The number of rotatable bonds is 4. The Balaban J connectivity index is 1.70. The molecule has 1 aliphatic carbocycles. The number of anilines is 1. The van der Waals surface area contributed by atoms with Gasteiger partial charge in [0, 0.05) is 22.4 Å². The maximum atomic E-state index is 13.0. The van der Waals surface area contributed by atoms with Crippen LogP contribution in [0.4, 0.5) is 5.69 Å². The van der Waals surface area contributed by atoms with Gasteiger partial charge in [0.2, 0.25) is 0 Å². The van der Waals surface area contributed by atoms with E-state index in [1.807, 2.05) is 48.5 Å². The lowest BCUT2D eigenvalue weighted by atomic mass is 9.92. The second-order valence-corrected chi connectivity index (χ2v) is 6.44. The number of H-pyrrole nitrogens is 1. The number of fused-ring (bicyclic) bond motifs is 1. The van der Waals surface area contributed by atoms with Crippen molar-refractivity contribution in [2.24, 2.45) is 0 Å². The van der Waals surface area contributed by atoms with Gasteiger partial charge in [-0.3, -0.25) is 9.89 Å². The van der Waals surface area contributed by atoms with E-state index < -0.39 is 0 Å². The number of ether oxygens (including phenoxy) is 1. The van der Waals surface area contributed by atoms with Crippen molar-refractivity contribution in [3.05, 3.63) is 65.4 Å². The molecule has 5 heteroatoms. The Bertz CT molecular complexity index is 946. The van der Waals surface area contributed by atoms with Gasteiger partial charge in [-0.2, -0.15) is 5.10 Å². The van der Waals surface area contributed by atoms with Gasteiger partial charge >= 0.3 is 0 Å². The number of nitrogens with one attached hydrogen (secondary N) is 2. The summed E-state index contributed by atoms with van der Waals surface area (Å²) in [6.07, 6.45) is 4.38. The highest BCUT2D eigenvalue weighted by molar-refractivity contribution is 6.09. The lowest BCUT2D eigenvalue weighted by Crippen LogP contribution is -2.14. The number of benzene rings is 2. The number of para-hydroxylation sites is 2. The monoisotopic (exact) mass is 347 g/mol. The van der Waals surface area contributed by atoms with E-state index in [9.17, 15) is 4.79 Å². The molecule has 0 spiro atoms. The van der Waals surface area contributed by atoms with E-state index in [4.69, 9.17) is 4.74 Å². The molecule has 2 N–H and O–H groups in total.